The van der Waals surface area contributed by atoms with Crippen LogP contribution in [-0.2, 0) is 6.54 Å². The minimum Gasteiger partial charge on any atom is -0.496 e. The molecule has 0 fully saturated rings. The van der Waals surface area contributed by atoms with Gasteiger partial charge in [-0.05, 0) is 47.0 Å². The summed E-state index contributed by atoms with van der Waals surface area (Å²) < 4.78 is 5.50. The van der Waals surface area contributed by atoms with Gasteiger partial charge in [0.2, 0.25) is 0 Å². The maximum absolute atomic E-state index is 5.50. The van der Waals surface area contributed by atoms with Gasteiger partial charge in [-0.3, -0.25) is 0 Å². The number of hydrogen-bond acceptors (Lipinski definition) is 4. The van der Waals surface area contributed by atoms with Crippen molar-refractivity contribution in [3.63, 3.8) is 0 Å². The third-order valence-corrected chi connectivity index (χ3v) is 4.97. The lowest BCUT2D eigenvalue weighted by Crippen LogP contribution is -2.18. The number of aromatic nitrogens is 2. The second kappa shape index (κ2) is 8.19. The third kappa shape index (κ3) is 3.73. The van der Waals surface area contributed by atoms with Crippen molar-refractivity contribution in [1.29, 1.82) is 0 Å². The Labute approximate surface area is 165 Å². The Bertz CT molecular complexity index is 1070. The summed E-state index contributed by atoms with van der Waals surface area (Å²) in [5.41, 5.74) is 3.37. The SMILES string of the molecule is COc1ccc(CNC(C)c2cccc3ccccc23)cc1-c1ncccn1. The summed E-state index contributed by atoms with van der Waals surface area (Å²) in [4.78, 5) is 8.73. The second-order valence-corrected chi connectivity index (χ2v) is 6.78. The summed E-state index contributed by atoms with van der Waals surface area (Å²) in [6.45, 7) is 2.95. The van der Waals surface area contributed by atoms with Crippen LogP contribution in [0, 0.1) is 0 Å². The Morgan fingerprint density at radius 2 is 1.71 bits per heavy atom. The van der Waals surface area contributed by atoms with Crippen LogP contribution in [0.4, 0.5) is 0 Å². The van der Waals surface area contributed by atoms with E-state index in [-0.39, 0.29) is 6.04 Å². The summed E-state index contributed by atoms with van der Waals surface area (Å²) >= 11 is 0. The smallest absolute Gasteiger partial charge is 0.162 e. The molecule has 0 aliphatic carbocycles. The van der Waals surface area contributed by atoms with Crippen LogP contribution >= 0.6 is 0 Å². The molecule has 0 amide bonds. The number of methoxy groups -OCH3 is 1. The molecule has 1 heterocycles. The van der Waals surface area contributed by atoms with Crippen molar-refractivity contribution < 1.29 is 4.74 Å². The number of fused-ring (bicyclic) bond motifs is 1. The fraction of sp³-hybridized carbons (Fsp3) is 0.167. The molecule has 0 saturated carbocycles. The molecular weight excluding hydrogens is 346 g/mol. The number of benzene rings is 3. The maximum atomic E-state index is 5.50. The van der Waals surface area contributed by atoms with Crippen LogP contribution in [-0.4, -0.2) is 17.1 Å². The lowest BCUT2D eigenvalue weighted by atomic mass is 9.99. The maximum Gasteiger partial charge on any atom is 0.162 e. The third-order valence-electron chi connectivity index (χ3n) is 4.97. The standard InChI is InChI=1S/C24H23N3O/c1-17(20-10-5-8-19-7-3-4-9-21(19)20)27-16-18-11-12-23(28-2)22(15-18)24-25-13-6-14-26-24/h3-15,17,27H,16H2,1-2H3. The van der Waals surface area contributed by atoms with Gasteiger partial charge in [0.1, 0.15) is 5.75 Å². The van der Waals surface area contributed by atoms with Gasteiger partial charge < -0.3 is 10.1 Å². The minimum absolute atomic E-state index is 0.227. The van der Waals surface area contributed by atoms with Gasteiger partial charge in [-0.1, -0.05) is 48.5 Å². The molecule has 1 N–H and O–H groups in total. The first kappa shape index (κ1) is 18.1. The molecular formula is C24H23N3O. The second-order valence-electron chi connectivity index (χ2n) is 6.78. The van der Waals surface area contributed by atoms with Gasteiger partial charge in [0, 0.05) is 25.0 Å². The van der Waals surface area contributed by atoms with Gasteiger partial charge in [0.05, 0.1) is 12.7 Å². The van der Waals surface area contributed by atoms with E-state index in [0.29, 0.717) is 5.82 Å². The lowest BCUT2D eigenvalue weighted by molar-refractivity contribution is 0.416. The number of nitrogens with zero attached hydrogens (tertiary/aromatic N) is 2. The number of hydrogen-bond donors (Lipinski definition) is 1. The molecule has 3 aromatic carbocycles. The minimum atomic E-state index is 0.227. The summed E-state index contributed by atoms with van der Waals surface area (Å²) in [7, 11) is 1.67. The summed E-state index contributed by atoms with van der Waals surface area (Å²) in [5, 5.41) is 6.20. The van der Waals surface area contributed by atoms with Crippen LogP contribution < -0.4 is 10.1 Å². The van der Waals surface area contributed by atoms with Crippen LogP contribution in [0.3, 0.4) is 0 Å². The Balaban J connectivity index is 1.56. The van der Waals surface area contributed by atoms with Crippen molar-refractivity contribution in [2.45, 2.75) is 19.5 Å². The van der Waals surface area contributed by atoms with E-state index in [4.69, 9.17) is 4.74 Å². The average molecular weight is 369 g/mol. The first-order valence-electron chi connectivity index (χ1n) is 9.41. The van der Waals surface area contributed by atoms with Crippen LogP contribution in [0.1, 0.15) is 24.1 Å². The van der Waals surface area contributed by atoms with E-state index in [0.717, 1.165) is 23.4 Å². The zero-order valence-electron chi connectivity index (χ0n) is 16.1. The first-order chi connectivity index (χ1) is 13.8. The predicted octanol–water partition coefficient (Wildman–Crippen LogP) is 5.16. The van der Waals surface area contributed by atoms with Crippen molar-refractivity contribution in [3.8, 4) is 17.1 Å². The van der Waals surface area contributed by atoms with Crippen molar-refractivity contribution in [2.24, 2.45) is 0 Å². The van der Waals surface area contributed by atoms with Gasteiger partial charge in [0.25, 0.3) is 0 Å². The van der Waals surface area contributed by atoms with Crippen LogP contribution in [0.15, 0.2) is 79.1 Å². The van der Waals surface area contributed by atoms with Gasteiger partial charge in [-0.25, -0.2) is 9.97 Å². The zero-order chi connectivity index (χ0) is 19.3. The van der Waals surface area contributed by atoms with E-state index in [1.807, 2.05) is 12.1 Å². The van der Waals surface area contributed by atoms with E-state index in [1.165, 1.54) is 16.3 Å². The molecule has 28 heavy (non-hydrogen) atoms. The molecule has 0 bridgehead atoms. The number of nitrogens with one attached hydrogen (secondary N) is 1. The lowest BCUT2D eigenvalue weighted by Gasteiger charge is -2.17. The Hall–Kier alpha value is -3.24. The quantitative estimate of drug-likeness (QED) is 0.510. The van der Waals surface area contributed by atoms with Gasteiger partial charge >= 0.3 is 0 Å². The Morgan fingerprint density at radius 3 is 2.54 bits per heavy atom. The van der Waals surface area contributed by atoms with E-state index < -0.39 is 0 Å². The topological polar surface area (TPSA) is 47.0 Å². The summed E-state index contributed by atoms with van der Waals surface area (Å²) in [6.07, 6.45) is 3.49. The highest BCUT2D eigenvalue weighted by molar-refractivity contribution is 5.86. The molecule has 0 radical (unpaired) electrons. The molecule has 4 heteroatoms. The predicted molar refractivity (Wildman–Crippen MR) is 113 cm³/mol. The summed E-state index contributed by atoms with van der Waals surface area (Å²) in [5.74, 6) is 1.44. The molecule has 0 spiro atoms. The first-order valence-corrected chi connectivity index (χ1v) is 9.41. The van der Waals surface area contributed by atoms with E-state index in [1.54, 1.807) is 19.5 Å². The van der Waals surface area contributed by atoms with E-state index in [9.17, 15) is 0 Å². The Kier molecular flexibility index (Phi) is 5.31. The van der Waals surface area contributed by atoms with E-state index >= 15 is 0 Å². The molecule has 1 unspecified atom stereocenters. The van der Waals surface area contributed by atoms with Crippen LogP contribution in [0.25, 0.3) is 22.2 Å². The molecule has 4 nitrogen and oxygen atoms in total. The van der Waals surface area contributed by atoms with Crippen molar-refractivity contribution in [2.75, 3.05) is 7.11 Å². The zero-order valence-corrected chi connectivity index (χ0v) is 16.1. The highest BCUT2D eigenvalue weighted by Crippen LogP contribution is 2.29. The molecule has 140 valence electrons. The molecule has 0 aliphatic rings. The molecule has 0 aliphatic heterocycles. The fourth-order valence-electron chi connectivity index (χ4n) is 3.49. The molecule has 0 saturated heterocycles. The molecule has 4 rings (SSSR count). The summed E-state index contributed by atoms with van der Waals surface area (Å²) in [6, 6.07) is 23.2. The monoisotopic (exact) mass is 369 g/mol. The van der Waals surface area contributed by atoms with Crippen molar-refractivity contribution in [1.82, 2.24) is 15.3 Å². The van der Waals surface area contributed by atoms with Crippen molar-refractivity contribution >= 4 is 10.8 Å². The molecule has 1 atom stereocenters. The normalized spacial score (nSPS) is 12.1. The Morgan fingerprint density at radius 1 is 0.929 bits per heavy atom. The van der Waals surface area contributed by atoms with E-state index in [2.05, 4.69) is 76.8 Å². The number of ether oxygens (including phenoxy) is 1. The van der Waals surface area contributed by atoms with Crippen LogP contribution in [0.5, 0.6) is 5.75 Å². The van der Waals surface area contributed by atoms with Crippen LogP contribution in [0.2, 0.25) is 0 Å². The highest BCUT2D eigenvalue weighted by atomic mass is 16.5. The molecule has 4 aromatic rings. The van der Waals surface area contributed by atoms with Gasteiger partial charge in [-0.15, -0.1) is 0 Å². The van der Waals surface area contributed by atoms with Crippen molar-refractivity contribution in [3.05, 3.63) is 90.3 Å². The van der Waals surface area contributed by atoms with Gasteiger partial charge in [0.15, 0.2) is 5.82 Å². The number of rotatable bonds is 6. The highest BCUT2D eigenvalue weighted by Gasteiger charge is 2.12. The van der Waals surface area contributed by atoms with Gasteiger partial charge in [-0.2, -0.15) is 0 Å². The average Bonchev–Trinajstić information content (AvgIpc) is 2.77. The molecule has 1 aromatic heterocycles. The largest absolute Gasteiger partial charge is 0.496 e. The fourth-order valence-corrected chi connectivity index (χ4v) is 3.49.